The van der Waals surface area contributed by atoms with Crippen molar-refractivity contribution in [2.75, 3.05) is 64.6 Å². The first-order valence-corrected chi connectivity index (χ1v) is 19.5. The van der Waals surface area contributed by atoms with Gasteiger partial charge in [0.2, 0.25) is 5.91 Å². The molecule has 14 nitrogen and oxygen atoms in total. The zero-order valence-electron chi connectivity index (χ0n) is 30.4. The largest absolute Gasteiger partial charge is 0.449 e. The second-order valence-electron chi connectivity index (χ2n) is 12.4. The molecule has 3 aromatic rings. The first-order valence-electron chi connectivity index (χ1n) is 18.0. The van der Waals surface area contributed by atoms with Crippen LogP contribution in [0.15, 0.2) is 60.7 Å². The number of nitrogens with zero attached hydrogens (tertiary/aromatic N) is 5. The number of nitrogens with one attached hydrogen (secondary N) is 1. The van der Waals surface area contributed by atoms with Crippen LogP contribution in [0.5, 0.6) is 0 Å². The fraction of sp³-hybridized carbons (Fsp3) is 0.486. The van der Waals surface area contributed by atoms with E-state index in [0.717, 1.165) is 25.7 Å². The highest BCUT2D eigenvalue weighted by Crippen LogP contribution is 2.48. The van der Waals surface area contributed by atoms with Gasteiger partial charge in [-0.25, -0.2) is 14.8 Å². The van der Waals surface area contributed by atoms with Crippen molar-refractivity contribution >= 4 is 36.6 Å². The molecule has 1 unspecified atom stereocenters. The van der Waals surface area contributed by atoms with Crippen molar-refractivity contribution in [1.29, 1.82) is 0 Å². The maximum absolute atomic E-state index is 14.5. The van der Waals surface area contributed by atoms with E-state index in [4.69, 9.17) is 23.5 Å². The molecular formula is C37H49N6O8P. The standard InChI is InChI=1S/C37H49N6O8P/c1-5-8-25-49-37(46)42-23-21-41(22-24-42)36(45)33(28-17-12-13-18-30(28)52(47,50-6-2)51-7-3)40-35(44)29-26-31(43-20-14-19-32(43)48-4)39-34(38-29)27-15-10-9-11-16-27/h9-13,15-18,26,32-33H,5-8,14,19-25H2,1-4H3,(H,40,44)/t32-,33?/m0/s1. The maximum Gasteiger partial charge on any atom is 0.409 e. The summed E-state index contributed by atoms with van der Waals surface area (Å²) in [6.07, 6.45) is 2.72. The molecule has 0 aliphatic carbocycles. The highest BCUT2D eigenvalue weighted by Gasteiger charge is 2.38. The minimum Gasteiger partial charge on any atom is -0.449 e. The highest BCUT2D eigenvalue weighted by atomic mass is 31.2. The Hall–Kier alpha value is -4.36. The zero-order valence-corrected chi connectivity index (χ0v) is 31.3. The smallest absolute Gasteiger partial charge is 0.409 e. The summed E-state index contributed by atoms with van der Waals surface area (Å²) >= 11 is 0. The van der Waals surface area contributed by atoms with E-state index in [2.05, 4.69) is 10.3 Å². The lowest BCUT2D eigenvalue weighted by molar-refractivity contribution is -0.135. The molecule has 52 heavy (non-hydrogen) atoms. The van der Waals surface area contributed by atoms with E-state index in [1.54, 1.807) is 61.1 Å². The number of hydrogen-bond donors (Lipinski definition) is 1. The van der Waals surface area contributed by atoms with E-state index >= 15 is 0 Å². The third-order valence-electron chi connectivity index (χ3n) is 8.98. The summed E-state index contributed by atoms with van der Waals surface area (Å²) in [5.41, 5.74) is 1.02. The molecule has 1 N–H and O–H groups in total. The van der Waals surface area contributed by atoms with E-state index in [1.807, 2.05) is 42.2 Å². The van der Waals surface area contributed by atoms with Crippen LogP contribution in [0.1, 0.15) is 68.5 Å². The molecule has 2 aromatic carbocycles. The van der Waals surface area contributed by atoms with Gasteiger partial charge in [-0.1, -0.05) is 61.9 Å². The van der Waals surface area contributed by atoms with Gasteiger partial charge in [-0.3, -0.25) is 14.2 Å². The molecule has 0 radical (unpaired) electrons. The number of anilines is 1. The van der Waals surface area contributed by atoms with E-state index in [9.17, 15) is 18.9 Å². The first-order chi connectivity index (χ1) is 25.2. The lowest BCUT2D eigenvalue weighted by Crippen LogP contribution is -2.54. The number of carbonyl (C=O) groups is 3. The predicted molar refractivity (Wildman–Crippen MR) is 196 cm³/mol. The summed E-state index contributed by atoms with van der Waals surface area (Å²) in [5, 5.41) is 3.10. The van der Waals surface area contributed by atoms with Gasteiger partial charge in [0.25, 0.3) is 5.91 Å². The Bertz CT molecular complexity index is 1710. The number of rotatable bonds is 15. The topological polar surface area (TPSA) is 153 Å². The van der Waals surface area contributed by atoms with Crippen LogP contribution in [0.4, 0.5) is 10.6 Å². The molecule has 2 aliphatic heterocycles. The molecule has 5 rings (SSSR count). The van der Waals surface area contributed by atoms with Crippen molar-refractivity contribution in [3.8, 4) is 11.4 Å². The van der Waals surface area contributed by atoms with Crippen LogP contribution in [-0.2, 0) is 27.9 Å². The molecule has 2 atom stereocenters. The van der Waals surface area contributed by atoms with Gasteiger partial charge in [-0.15, -0.1) is 0 Å². The molecule has 1 aromatic heterocycles. The fourth-order valence-electron chi connectivity index (χ4n) is 6.32. The van der Waals surface area contributed by atoms with Crippen molar-refractivity contribution in [3.63, 3.8) is 0 Å². The summed E-state index contributed by atoms with van der Waals surface area (Å²) in [6.45, 7) is 7.54. The normalized spacial score (nSPS) is 16.8. The Balaban J connectivity index is 1.51. The van der Waals surface area contributed by atoms with Gasteiger partial charge in [-0.05, 0) is 44.7 Å². The number of aromatic nitrogens is 2. The quantitative estimate of drug-likeness (QED) is 0.163. The second-order valence-corrected chi connectivity index (χ2v) is 14.4. The van der Waals surface area contributed by atoms with Crippen molar-refractivity contribution in [2.45, 2.75) is 58.7 Å². The minimum atomic E-state index is -3.91. The Morgan fingerprint density at radius 3 is 2.25 bits per heavy atom. The number of ether oxygens (including phenoxy) is 2. The summed E-state index contributed by atoms with van der Waals surface area (Å²) < 4.78 is 36.7. The van der Waals surface area contributed by atoms with Crippen LogP contribution in [0, 0.1) is 0 Å². The van der Waals surface area contributed by atoms with E-state index in [0.29, 0.717) is 30.4 Å². The minimum absolute atomic E-state index is 0.0401. The van der Waals surface area contributed by atoms with Gasteiger partial charge in [0, 0.05) is 51.5 Å². The predicted octanol–water partition coefficient (Wildman–Crippen LogP) is 5.16. The van der Waals surface area contributed by atoms with Crippen molar-refractivity contribution in [3.05, 3.63) is 71.9 Å². The molecule has 0 bridgehead atoms. The molecule has 2 saturated heterocycles. The van der Waals surface area contributed by atoms with Gasteiger partial charge in [0.05, 0.1) is 25.1 Å². The SMILES string of the molecule is CCCCOC(=O)N1CCN(C(=O)C(NC(=O)c2cc(N3CCC[C@@H]3OC)nc(-c3ccccc3)n2)c2ccccc2P(=O)(OCC)OCC)CC1. The summed E-state index contributed by atoms with van der Waals surface area (Å²) in [4.78, 5) is 56.2. The molecule has 0 spiro atoms. The number of hydrogen-bond acceptors (Lipinski definition) is 11. The zero-order chi connectivity index (χ0) is 37.1. The monoisotopic (exact) mass is 736 g/mol. The van der Waals surface area contributed by atoms with Crippen LogP contribution in [0.3, 0.4) is 0 Å². The molecule has 280 valence electrons. The number of methoxy groups -OCH3 is 1. The Morgan fingerprint density at radius 2 is 1.58 bits per heavy atom. The average Bonchev–Trinajstić information content (AvgIpc) is 3.66. The van der Waals surface area contributed by atoms with Crippen LogP contribution < -0.4 is 15.5 Å². The van der Waals surface area contributed by atoms with Gasteiger partial charge in [0.1, 0.15) is 23.8 Å². The number of unbranched alkanes of at least 4 members (excludes halogenated alkanes) is 1. The summed E-state index contributed by atoms with van der Waals surface area (Å²) in [5.74, 6) is -0.225. The lowest BCUT2D eigenvalue weighted by Gasteiger charge is -2.36. The maximum atomic E-state index is 14.5. The van der Waals surface area contributed by atoms with Gasteiger partial charge < -0.3 is 38.5 Å². The third kappa shape index (κ3) is 9.16. The van der Waals surface area contributed by atoms with Crippen molar-refractivity contribution < 1.29 is 37.5 Å². The highest BCUT2D eigenvalue weighted by molar-refractivity contribution is 7.62. The van der Waals surface area contributed by atoms with E-state index in [-0.39, 0.29) is 62.2 Å². The lowest BCUT2D eigenvalue weighted by atomic mass is 10.0. The van der Waals surface area contributed by atoms with Crippen LogP contribution >= 0.6 is 7.60 Å². The Kier molecular flexibility index (Phi) is 13.8. The van der Waals surface area contributed by atoms with Gasteiger partial charge in [-0.2, -0.15) is 0 Å². The van der Waals surface area contributed by atoms with Crippen molar-refractivity contribution in [2.24, 2.45) is 0 Å². The van der Waals surface area contributed by atoms with E-state index in [1.165, 1.54) is 0 Å². The number of amides is 3. The van der Waals surface area contributed by atoms with Crippen molar-refractivity contribution in [1.82, 2.24) is 25.1 Å². The van der Waals surface area contributed by atoms with E-state index < -0.39 is 31.5 Å². The molecule has 2 fully saturated rings. The molecule has 3 amide bonds. The number of benzene rings is 2. The molecule has 2 aliphatic rings. The first kappa shape index (κ1) is 38.9. The Morgan fingerprint density at radius 1 is 0.904 bits per heavy atom. The van der Waals surface area contributed by atoms with Gasteiger partial charge >= 0.3 is 13.7 Å². The number of piperazine rings is 1. The fourth-order valence-corrected chi connectivity index (χ4v) is 8.14. The number of carbonyl (C=O) groups excluding carboxylic acids is 3. The molecule has 3 heterocycles. The summed E-state index contributed by atoms with van der Waals surface area (Å²) in [7, 11) is -2.27. The molecule has 15 heteroatoms. The van der Waals surface area contributed by atoms with Crippen LogP contribution in [-0.4, -0.2) is 104 Å². The second kappa shape index (κ2) is 18.4. The molecule has 0 saturated carbocycles. The van der Waals surface area contributed by atoms with Gasteiger partial charge in [0.15, 0.2) is 5.82 Å². The third-order valence-corrected chi connectivity index (χ3v) is 11.2. The Labute approximate surface area is 305 Å². The summed E-state index contributed by atoms with van der Waals surface area (Å²) in [6, 6.07) is 16.2. The molecular weight excluding hydrogens is 687 g/mol. The van der Waals surface area contributed by atoms with Crippen LogP contribution in [0.25, 0.3) is 11.4 Å². The van der Waals surface area contributed by atoms with Crippen LogP contribution in [0.2, 0.25) is 0 Å². The average molecular weight is 737 g/mol.